The fraction of sp³-hybridized carbons (Fsp3) is 0.417. The predicted molar refractivity (Wildman–Crippen MR) is 135 cm³/mol. The number of halogens is 1. The Kier molecular flexibility index (Phi) is 9.76. The molecule has 10 heteroatoms. The molecule has 2 aromatic rings. The summed E-state index contributed by atoms with van der Waals surface area (Å²) < 4.78 is 31.2. The van der Waals surface area contributed by atoms with Gasteiger partial charge in [0.15, 0.2) is 0 Å². The first-order chi connectivity index (χ1) is 16.0. The van der Waals surface area contributed by atoms with Crippen molar-refractivity contribution in [1.82, 2.24) is 10.2 Å². The Morgan fingerprint density at radius 2 is 1.76 bits per heavy atom. The number of carbonyl (C=O) groups excluding carboxylic acids is 2. The smallest absolute Gasteiger partial charge is 0.244 e. The molecule has 1 N–H and O–H groups in total. The third-order valence-corrected chi connectivity index (χ3v) is 6.83. The van der Waals surface area contributed by atoms with Crippen LogP contribution >= 0.6 is 11.6 Å². The van der Waals surface area contributed by atoms with Crippen molar-refractivity contribution in [2.45, 2.75) is 45.8 Å². The maximum atomic E-state index is 13.5. The monoisotopic (exact) mass is 509 g/mol. The number of rotatable bonds is 11. The lowest BCUT2D eigenvalue weighted by atomic mass is 10.1. The second-order valence-corrected chi connectivity index (χ2v) is 10.5. The van der Waals surface area contributed by atoms with Gasteiger partial charge in [0, 0.05) is 17.6 Å². The molecule has 2 amide bonds. The molecule has 8 nitrogen and oxygen atoms in total. The number of ether oxygens (including phenoxy) is 1. The first-order valence-corrected chi connectivity index (χ1v) is 13.1. The van der Waals surface area contributed by atoms with Crippen LogP contribution in [-0.4, -0.2) is 57.1 Å². The second kappa shape index (κ2) is 12.1. The highest BCUT2D eigenvalue weighted by molar-refractivity contribution is 7.92. The lowest BCUT2D eigenvalue weighted by Crippen LogP contribution is -2.52. The van der Waals surface area contributed by atoms with Crippen LogP contribution in [0.3, 0.4) is 0 Å². The van der Waals surface area contributed by atoms with E-state index < -0.39 is 28.5 Å². The third kappa shape index (κ3) is 7.63. The van der Waals surface area contributed by atoms with Gasteiger partial charge in [0.1, 0.15) is 18.3 Å². The molecule has 0 unspecified atom stereocenters. The summed E-state index contributed by atoms with van der Waals surface area (Å²) in [4.78, 5) is 27.7. The molecule has 2 aromatic carbocycles. The highest BCUT2D eigenvalue weighted by Gasteiger charge is 2.30. The number of carbonyl (C=O) groups is 2. The quantitative estimate of drug-likeness (QED) is 0.500. The molecule has 2 rings (SSSR count). The topological polar surface area (TPSA) is 96.0 Å². The van der Waals surface area contributed by atoms with Gasteiger partial charge in [0.25, 0.3) is 0 Å². The fourth-order valence-electron chi connectivity index (χ4n) is 3.22. The zero-order chi connectivity index (χ0) is 25.5. The Hall–Kier alpha value is -2.78. The number of hydrogen-bond acceptors (Lipinski definition) is 5. The summed E-state index contributed by atoms with van der Waals surface area (Å²) in [5.74, 6) is -0.175. The summed E-state index contributed by atoms with van der Waals surface area (Å²) in [6.45, 7) is 5.10. The molecule has 0 radical (unpaired) electrons. The van der Waals surface area contributed by atoms with Crippen molar-refractivity contribution in [3.63, 3.8) is 0 Å². The van der Waals surface area contributed by atoms with Gasteiger partial charge in [-0.3, -0.25) is 13.9 Å². The molecule has 0 spiro atoms. The number of hydrogen-bond donors (Lipinski definition) is 1. The molecule has 0 aliphatic heterocycles. The van der Waals surface area contributed by atoms with Crippen LogP contribution in [0.2, 0.25) is 5.02 Å². The number of nitrogens with zero attached hydrogens (tertiary/aromatic N) is 2. The van der Waals surface area contributed by atoms with Crippen LogP contribution in [0.5, 0.6) is 5.75 Å². The van der Waals surface area contributed by atoms with E-state index in [4.69, 9.17) is 16.3 Å². The van der Waals surface area contributed by atoms with Gasteiger partial charge in [-0.1, -0.05) is 36.7 Å². The number of nitrogens with one attached hydrogen (secondary N) is 1. The molecule has 34 heavy (non-hydrogen) atoms. The van der Waals surface area contributed by atoms with E-state index in [0.29, 0.717) is 10.8 Å². The Balaban J connectivity index is 2.37. The molecule has 0 fully saturated rings. The van der Waals surface area contributed by atoms with Gasteiger partial charge in [-0.25, -0.2) is 8.42 Å². The van der Waals surface area contributed by atoms with E-state index in [1.54, 1.807) is 56.5 Å². The normalized spacial score (nSPS) is 13.0. The molecule has 0 bridgehead atoms. The molecule has 0 saturated heterocycles. The van der Waals surface area contributed by atoms with Crippen molar-refractivity contribution in [2.24, 2.45) is 0 Å². The van der Waals surface area contributed by atoms with Crippen molar-refractivity contribution in [3.8, 4) is 5.75 Å². The number of methoxy groups -OCH3 is 1. The molecule has 0 saturated carbocycles. The number of anilines is 1. The number of sulfonamides is 1. The van der Waals surface area contributed by atoms with Crippen molar-refractivity contribution in [2.75, 3.05) is 24.2 Å². The molecule has 2 atom stereocenters. The van der Waals surface area contributed by atoms with Crippen molar-refractivity contribution < 1.29 is 22.7 Å². The molecule has 0 aliphatic carbocycles. The summed E-state index contributed by atoms with van der Waals surface area (Å²) in [5, 5.41) is 3.23. The van der Waals surface area contributed by atoms with Crippen molar-refractivity contribution in [3.05, 3.63) is 59.1 Å². The highest BCUT2D eigenvalue weighted by atomic mass is 35.5. The highest BCUT2D eigenvalue weighted by Crippen LogP contribution is 2.23. The summed E-state index contributed by atoms with van der Waals surface area (Å²) >= 11 is 6.04. The number of benzene rings is 2. The standard InChI is InChI=1S/C24H32ClN3O5S/c1-6-17(2)26-24(30)18(3)27(15-19-10-12-22(33-4)13-11-19)23(29)16-28(34(5,31)32)21-9-7-8-20(25)14-21/h7-14,17-18H,6,15-16H2,1-5H3,(H,26,30)/t17-,18+/m1/s1. The van der Waals surface area contributed by atoms with Gasteiger partial charge in [-0.05, 0) is 56.2 Å². The second-order valence-electron chi connectivity index (χ2n) is 8.11. The van der Waals surface area contributed by atoms with Crippen molar-refractivity contribution in [1.29, 1.82) is 0 Å². The zero-order valence-corrected chi connectivity index (χ0v) is 21.7. The summed E-state index contributed by atoms with van der Waals surface area (Å²) in [6, 6.07) is 12.5. The lowest BCUT2D eigenvalue weighted by molar-refractivity contribution is -0.139. The molecular weight excluding hydrogens is 478 g/mol. The predicted octanol–water partition coefficient (Wildman–Crippen LogP) is 3.45. The van der Waals surface area contributed by atoms with E-state index in [1.165, 1.54) is 11.0 Å². The van der Waals surface area contributed by atoms with E-state index in [2.05, 4.69) is 5.32 Å². The minimum atomic E-state index is -3.80. The Morgan fingerprint density at radius 3 is 2.29 bits per heavy atom. The average Bonchev–Trinajstić information content (AvgIpc) is 2.79. The van der Waals surface area contributed by atoms with Crippen LogP contribution < -0.4 is 14.4 Å². The maximum absolute atomic E-state index is 13.5. The first kappa shape index (κ1) is 27.5. The van der Waals surface area contributed by atoms with Crippen LogP contribution in [0.1, 0.15) is 32.8 Å². The van der Waals surface area contributed by atoms with Crippen LogP contribution in [0.15, 0.2) is 48.5 Å². The van der Waals surface area contributed by atoms with Gasteiger partial charge in [0.05, 0.1) is 19.1 Å². The summed E-state index contributed by atoms with van der Waals surface area (Å²) in [6.07, 6.45) is 1.76. The van der Waals surface area contributed by atoms with Gasteiger partial charge >= 0.3 is 0 Å². The Bertz CT molecular complexity index is 1090. The maximum Gasteiger partial charge on any atom is 0.244 e. The van der Waals surface area contributed by atoms with E-state index >= 15 is 0 Å². The molecule has 0 aromatic heterocycles. The molecule has 0 aliphatic rings. The van der Waals surface area contributed by atoms with Gasteiger partial charge in [-0.15, -0.1) is 0 Å². The van der Waals surface area contributed by atoms with Crippen LogP contribution in [0, 0.1) is 0 Å². The van der Waals surface area contributed by atoms with Gasteiger partial charge < -0.3 is 15.0 Å². The largest absolute Gasteiger partial charge is 0.497 e. The SMILES string of the molecule is CC[C@@H](C)NC(=O)[C@H](C)N(Cc1ccc(OC)cc1)C(=O)CN(c1cccc(Cl)c1)S(C)(=O)=O. The number of amides is 2. The van der Waals surface area contributed by atoms with Crippen molar-refractivity contribution >= 4 is 39.1 Å². The average molecular weight is 510 g/mol. The molecular formula is C24H32ClN3O5S. The van der Waals surface area contributed by atoms with E-state index in [1.807, 2.05) is 13.8 Å². The minimum Gasteiger partial charge on any atom is -0.497 e. The summed E-state index contributed by atoms with van der Waals surface area (Å²) in [5.41, 5.74) is 1.04. The van der Waals surface area contributed by atoms with E-state index in [-0.39, 0.29) is 24.2 Å². The fourth-order valence-corrected chi connectivity index (χ4v) is 4.25. The third-order valence-electron chi connectivity index (χ3n) is 5.46. The molecule has 186 valence electrons. The lowest BCUT2D eigenvalue weighted by Gasteiger charge is -2.32. The van der Waals surface area contributed by atoms with E-state index in [0.717, 1.165) is 22.5 Å². The van der Waals surface area contributed by atoms with Crippen LogP contribution in [0.25, 0.3) is 0 Å². The van der Waals surface area contributed by atoms with Crippen LogP contribution in [0.4, 0.5) is 5.69 Å². The van der Waals surface area contributed by atoms with Gasteiger partial charge in [0.2, 0.25) is 21.8 Å². The first-order valence-electron chi connectivity index (χ1n) is 10.9. The minimum absolute atomic E-state index is 0.0631. The summed E-state index contributed by atoms with van der Waals surface area (Å²) in [7, 11) is -2.25. The molecule has 0 heterocycles. The van der Waals surface area contributed by atoms with E-state index in [9.17, 15) is 18.0 Å². The van der Waals surface area contributed by atoms with Crippen LogP contribution in [-0.2, 0) is 26.2 Å². The zero-order valence-electron chi connectivity index (χ0n) is 20.1. The Morgan fingerprint density at radius 1 is 1.12 bits per heavy atom. The van der Waals surface area contributed by atoms with Gasteiger partial charge in [-0.2, -0.15) is 0 Å². The Labute approximate surface area is 206 Å².